The minimum atomic E-state index is -0.409. The monoisotopic (exact) mass is 454 g/mol. The van der Waals surface area contributed by atoms with Crippen molar-refractivity contribution in [3.05, 3.63) is 70.1 Å². The Hall–Kier alpha value is -2.97. The number of hydrogen-bond acceptors (Lipinski definition) is 6. The number of thiocarbonyl (C=S) groups is 1. The molecule has 6 nitrogen and oxygen atoms in total. The molecule has 1 N–H and O–H groups in total. The van der Waals surface area contributed by atoms with Crippen LogP contribution < -0.4 is 5.32 Å². The van der Waals surface area contributed by atoms with Crippen molar-refractivity contribution in [2.75, 3.05) is 18.5 Å². The van der Waals surface area contributed by atoms with Crippen LogP contribution in [0, 0.1) is 6.92 Å². The molecule has 8 heteroatoms. The number of nitrogens with zero attached hydrogens (tertiary/aromatic N) is 1. The molecule has 0 radical (unpaired) electrons. The fraction of sp³-hybridized carbons (Fsp3) is 0.217. The summed E-state index contributed by atoms with van der Waals surface area (Å²) in [5.74, 6) is -0.851. The summed E-state index contributed by atoms with van der Waals surface area (Å²) in [4.78, 5) is 38.7. The van der Waals surface area contributed by atoms with E-state index >= 15 is 0 Å². The van der Waals surface area contributed by atoms with Gasteiger partial charge in [0.25, 0.3) is 5.91 Å². The zero-order valence-corrected chi connectivity index (χ0v) is 18.8. The first-order valence-corrected chi connectivity index (χ1v) is 11.0. The van der Waals surface area contributed by atoms with Crippen molar-refractivity contribution < 1.29 is 19.1 Å². The van der Waals surface area contributed by atoms with E-state index in [9.17, 15) is 14.4 Å². The first-order valence-electron chi connectivity index (χ1n) is 9.76. The summed E-state index contributed by atoms with van der Waals surface area (Å²) in [5, 5.41) is 2.76. The van der Waals surface area contributed by atoms with Crippen molar-refractivity contribution in [3.63, 3.8) is 0 Å². The Bertz CT molecular complexity index is 1030. The highest BCUT2D eigenvalue weighted by Gasteiger charge is 2.32. The van der Waals surface area contributed by atoms with Gasteiger partial charge in [0.1, 0.15) is 4.32 Å². The number of carbonyl (C=O) groups is 3. The van der Waals surface area contributed by atoms with Crippen LogP contribution in [0.25, 0.3) is 6.08 Å². The van der Waals surface area contributed by atoms with Crippen LogP contribution in [0.15, 0.2) is 53.4 Å². The summed E-state index contributed by atoms with van der Waals surface area (Å²) in [6.07, 6.45) is 1.91. The highest BCUT2D eigenvalue weighted by Crippen LogP contribution is 2.32. The molecule has 0 unspecified atom stereocenters. The zero-order chi connectivity index (χ0) is 22.4. The van der Waals surface area contributed by atoms with Crippen LogP contribution in [0.3, 0.4) is 0 Å². The van der Waals surface area contributed by atoms with Gasteiger partial charge in [-0.2, -0.15) is 0 Å². The molecule has 1 aliphatic rings. The van der Waals surface area contributed by atoms with Gasteiger partial charge in [-0.15, -0.1) is 0 Å². The van der Waals surface area contributed by atoms with Gasteiger partial charge in [0.2, 0.25) is 5.91 Å². The average Bonchev–Trinajstić information content (AvgIpc) is 3.01. The molecule has 2 aromatic rings. The van der Waals surface area contributed by atoms with E-state index in [0.717, 1.165) is 11.1 Å². The summed E-state index contributed by atoms with van der Waals surface area (Å²) >= 11 is 6.56. The van der Waals surface area contributed by atoms with E-state index in [1.165, 1.54) is 16.7 Å². The Balaban J connectivity index is 1.55. The Morgan fingerprint density at radius 1 is 1.13 bits per heavy atom. The second kappa shape index (κ2) is 10.4. The molecule has 0 spiro atoms. The smallest absolute Gasteiger partial charge is 0.338 e. The molecule has 2 aromatic carbocycles. The number of anilines is 1. The number of rotatable bonds is 7. The number of hydrogen-bond donors (Lipinski definition) is 1. The lowest BCUT2D eigenvalue weighted by atomic mass is 10.1. The van der Waals surface area contributed by atoms with Crippen molar-refractivity contribution in [2.24, 2.45) is 0 Å². The molecular weight excluding hydrogens is 432 g/mol. The highest BCUT2D eigenvalue weighted by atomic mass is 32.2. The summed E-state index contributed by atoms with van der Waals surface area (Å²) in [6.45, 7) is 4.24. The predicted octanol–water partition coefficient (Wildman–Crippen LogP) is 4.40. The Morgan fingerprint density at radius 2 is 1.81 bits per heavy atom. The molecule has 0 saturated carbocycles. The minimum Gasteiger partial charge on any atom is -0.462 e. The van der Waals surface area contributed by atoms with Gasteiger partial charge in [-0.05, 0) is 49.8 Å². The van der Waals surface area contributed by atoms with Gasteiger partial charge in [0.05, 0.1) is 17.1 Å². The van der Waals surface area contributed by atoms with Gasteiger partial charge < -0.3 is 10.1 Å². The summed E-state index contributed by atoms with van der Waals surface area (Å²) in [6, 6.07) is 14.3. The average molecular weight is 455 g/mol. The number of esters is 1. The fourth-order valence-electron chi connectivity index (χ4n) is 2.85. The second-order valence-electron chi connectivity index (χ2n) is 6.84. The van der Waals surface area contributed by atoms with Gasteiger partial charge >= 0.3 is 5.97 Å². The lowest BCUT2D eigenvalue weighted by Crippen LogP contribution is -2.31. The topological polar surface area (TPSA) is 75.7 Å². The first-order chi connectivity index (χ1) is 14.9. The SMILES string of the molecule is CCOC(=O)c1ccc(NC(=O)CCN2C(=O)/C(=C/c3ccc(C)cc3)SC2=S)cc1. The van der Waals surface area contributed by atoms with Gasteiger partial charge in [0, 0.05) is 18.7 Å². The van der Waals surface area contributed by atoms with Crippen LogP contribution in [-0.4, -0.2) is 40.2 Å². The van der Waals surface area contributed by atoms with Crippen LogP contribution in [-0.2, 0) is 14.3 Å². The quantitative estimate of drug-likeness (QED) is 0.380. The zero-order valence-electron chi connectivity index (χ0n) is 17.2. The minimum absolute atomic E-state index is 0.101. The van der Waals surface area contributed by atoms with E-state index < -0.39 is 5.97 Å². The largest absolute Gasteiger partial charge is 0.462 e. The molecule has 1 heterocycles. The highest BCUT2D eigenvalue weighted by molar-refractivity contribution is 8.26. The van der Waals surface area contributed by atoms with Crippen molar-refractivity contribution >= 4 is 57.8 Å². The molecule has 31 heavy (non-hydrogen) atoms. The van der Waals surface area contributed by atoms with Crippen molar-refractivity contribution in [2.45, 2.75) is 20.3 Å². The van der Waals surface area contributed by atoms with E-state index in [4.69, 9.17) is 17.0 Å². The van der Waals surface area contributed by atoms with Crippen LogP contribution in [0.4, 0.5) is 5.69 Å². The van der Waals surface area contributed by atoms with Crippen LogP contribution in [0.1, 0.15) is 34.8 Å². The normalized spacial score (nSPS) is 14.8. The third-order valence-corrected chi connectivity index (χ3v) is 5.87. The lowest BCUT2D eigenvalue weighted by Gasteiger charge is -2.14. The predicted molar refractivity (Wildman–Crippen MR) is 127 cm³/mol. The first kappa shape index (κ1) is 22.7. The van der Waals surface area contributed by atoms with E-state index in [-0.39, 0.29) is 24.8 Å². The molecule has 1 fully saturated rings. The van der Waals surface area contributed by atoms with Gasteiger partial charge in [-0.1, -0.05) is 53.8 Å². The molecule has 3 rings (SSSR count). The molecule has 2 amide bonds. The van der Waals surface area contributed by atoms with E-state index in [0.29, 0.717) is 27.1 Å². The third-order valence-electron chi connectivity index (χ3n) is 4.49. The maximum Gasteiger partial charge on any atom is 0.338 e. The maximum absolute atomic E-state index is 12.7. The number of benzene rings is 2. The van der Waals surface area contributed by atoms with Gasteiger partial charge in [-0.25, -0.2) is 4.79 Å². The summed E-state index contributed by atoms with van der Waals surface area (Å²) in [7, 11) is 0. The summed E-state index contributed by atoms with van der Waals surface area (Å²) < 4.78 is 5.37. The number of carbonyl (C=O) groups excluding carboxylic acids is 3. The molecule has 0 atom stereocenters. The third kappa shape index (κ3) is 6.02. The maximum atomic E-state index is 12.7. The molecule has 1 aliphatic heterocycles. The standard InChI is InChI=1S/C23H22N2O4S2/c1-3-29-22(28)17-8-10-18(11-9-17)24-20(26)12-13-25-21(27)19(31-23(25)30)14-16-6-4-15(2)5-7-16/h4-11,14H,3,12-13H2,1-2H3,(H,24,26)/b19-14-. The number of aryl methyl sites for hydroxylation is 1. The van der Waals surface area contributed by atoms with E-state index in [2.05, 4.69) is 5.32 Å². The molecule has 0 bridgehead atoms. The number of thioether (sulfide) groups is 1. The van der Waals surface area contributed by atoms with Gasteiger partial charge in [0.15, 0.2) is 0 Å². The Morgan fingerprint density at radius 3 is 2.45 bits per heavy atom. The van der Waals surface area contributed by atoms with Crippen LogP contribution in [0.2, 0.25) is 0 Å². The fourth-order valence-corrected chi connectivity index (χ4v) is 4.16. The van der Waals surface area contributed by atoms with Crippen LogP contribution in [0.5, 0.6) is 0 Å². The number of nitrogens with one attached hydrogen (secondary N) is 1. The van der Waals surface area contributed by atoms with Crippen molar-refractivity contribution in [1.29, 1.82) is 0 Å². The van der Waals surface area contributed by atoms with Crippen molar-refractivity contribution in [1.82, 2.24) is 4.90 Å². The number of ether oxygens (including phenoxy) is 1. The Kier molecular flexibility index (Phi) is 7.59. The summed E-state index contributed by atoms with van der Waals surface area (Å²) in [5.41, 5.74) is 3.04. The van der Waals surface area contributed by atoms with E-state index in [1.54, 1.807) is 31.2 Å². The molecule has 1 saturated heterocycles. The van der Waals surface area contributed by atoms with Crippen LogP contribution >= 0.6 is 24.0 Å². The van der Waals surface area contributed by atoms with Crippen molar-refractivity contribution in [3.8, 4) is 0 Å². The van der Waals surface area contributed by atoms with Gasteiger partial charge in [-0.3, -0.25) is 14.5 Å². The number of amides is 2. The van der Waals surface area contributed by atoms with E-state index in [1.807, 2.05) is 37.3 Å². The lowest BCUT2D eigenvalue weighted by molar-refractivity contribution is -0.122. The molecule has 0 aliphatic carbocycles. The molecule has 160 valence electrons. The molecule has 0 aromatic heterocycles. The molecular formula is C23H22N2O4S2. The second-order valence-corrected chi connectivity index (χ2v) is 8.52. The Labute approximate surface area is 190 Å².